The number of carbonyl (C=O) groups is 2. The molecule has 2 aliphatic rings. The van der Waals surface area contributed by atoms with E-state index >= 15 is 0 Å². The minimum atomic E-state index is -0.713. The molecule has 2 aliphatic heterocycles. The van der Waals surface area contributed by atoms with E-state index in [0.717, 1.165) is 43.5 Å². The van der Waals surface area contributed by atoms with Crippen molar-refractivity contribution in [3.05, 3.63) is 78.1 Å². The van der Waals surface area contributed by atoms with E-state index in [0.29, 0.717) is 17.0 Å². The van der Waals surface area contributed by atoms with Gasteiger partial charge < -0.3 is 14.5 Å². The summed E-state index contributed by atoms with van der Waals surface area (Å²) in [6.07, 6.45) is 5.80. The van der Waals surface area contributed by atoms with Crippen molar-refractivity contribution in [1.82, 2.24) is 9.88 Å². The number of amides is 2. The number of nitrogens with zero attached hydrogens (tertiary/aromatic N) is 3. The molecule has 0 bridgehead atoms. The SMILES string of the molecule is Cc1ccc(-c2cncc(C(=O)N3CC(C(=O)N4CCCCC4)Oc4ccccc43)c2)cc1. The quantitative estimate of drug-likeness (QED) is 0.601. The minimum absolute atomic E-state index is 0.0477. The first-order chi connectivity index (χ1) is 16.1. The van der Waals surface area contributed by atoms with Crippen molar-refractivity contribution in [2.45, 2.75) is 32.3 Å². The molecule has 1 aromatic heterocycles. The summed E-state index contributed by atoms with van der Waals surface area (Å²) < 4.78 is 6.07. The second-order valence-corrected chi connectivity index (χ2v) is 8.70. The first-order valence-electron chi connectivity index (χ1n) is 11.5. The van der Waals surface area contributed by atoms with Crippen LogP contribution >= 0.6 is 0 Å². The van der Waals surface area contributed by atoms with Crippen LogP contribution in [0, 0.1) is 6.92 Å². The maximum Gasteiger partial charge on any atom is 0.265 e. The highest BCUT2D eigenvalue weighted by atomic mass is 16.5. The molecule has 0 spiro atoms. The summed E-state index contributed by atoms with van der Waals surface area (Å²) in [5.41, 5.74) is 4.21. The molecule has 0 N–H and O–H groups in total. The highest BCUT2D eigenvalue weighted by Crippen LogP contribution is 2.35. The van der Waals surface area contributed by atoms with Gasteiger partial charge in [0, 0.05) is 31.0 Å². The zero-order valence-corrected chi connectivity index (χ0v) is 18.7. The van der Waals surface area contributed by atoms with Gasteiger partial charge in [-0.1, -0.05) is 42.0 Å². The second-order valence-electron chi connectivity index (χ2n) is 8.70. The number of aromatic nitrogens is 1. The van der Waals surface area contributed by atoms with Gasteiger partial charge in [0.2, 0.25) is 0 Å². The Morgan fingerprint density at radius 2 is 1.70 bits per heavy atom. The average Bonchev–Trinajstić information content (AvgIpc) is 2.88. The Hall–Kier alpha value is -3.67. The summed E-state index contributed by atoms with van der Waals surface area (Å²) in [4.78, 5) is 34.7. The number of likely N-dealkylation sites (tertiary alicyclic amines) is 1. The van der Waals surface area contributed by atoms with Crippen molar-refractivity contribution in [2.75, 3.05) is 24.5 Å². The Kier molecular flexibility index (Phi) is 5.82. The highest BCUT2D eigenvalue weighted by Gasteiger charge is 2.36. The van der Waals surface area contributed by atoms with Gasteiger partial charge >= 0.3 is 0 Å². The minimum Gasteiger partial charge on any atom is -0.476 e. The smallest absolute Gasteiger partial charge is 0.265 e. The van der Waals surface area contributed by atoms with E-state index in [-0.39, 0.29) is 18.4 Å². The summed E-state index contributed by atoms with van der Waals surface area (Å²) in [7, 11) is 0. The fourth-order valence-corrected chi connectivity index (χ4v) is 4.49. The molecule has 2 aromatic carbocycles. The Balaban J connectivity index is 1.44. The van der Waals surface area contributed by atoms with Gasteiger partial charge in [-0.15, -0.1) is 0 Å². The number of anilines is 1. The monoisotopic (exact) mass is 441 g/mol. The van der Waals surface area contributed by atoms with Gasteiger partial charge in [0.05, 0.1) is 17.8 Å². The molecular weight excluding hydrogens is 414 g/mol. The molecule has 1 unspecified atom stereocenters. The van der Waals surface area contributed by atoms with Crippen molar-refractivity contribution < 1.29 is 14.3 Å². The molecule has 0 aliphatic carbocycles. The number of fused-ring (bicyclic) bond motifs is 1. The normalized spacial score (nSPS) is 17.8. The molecule has 0 radical (unpaired) electrons. The molecule has 6 nitrogen and oxygen atoms in total. The van der Waals surface area contributed by atoms with E-state index in [1.807, 2.05) is 66.4 Å². The third kappa shape index (κ3) is 4.33. The third-order valence-electron chi connectivity index (χ3n) is 6.33. The van der Waals surface area contributed by atoms with E-state index in [1.54, 1.807) is 17.3 Å². The Labute approximate surface area is 193 Å². The molecule has 0 saturated carbocycles. The maximum atomic E-state index is 13.7. The van der Waals surface area contributed by atoms with Crippen LogP contribution in [0.2, 0.25) is 0 Å². The van der Waals surface area contributed by atoms with Crippen molar-refractivity contribution in [2.24, 2.45) is 0 Å². The third-order valence-corrected chi connectivity index (χ3v) is 6.33. The van der Waals surface area contributed by atoms with Crippen LogP contribution in [0.25, 0.3) is 11.1 Å². The van der Waals surface area contributed by atoms with Gasteiger partial charge in [0.25, 0.3) is 11.8 Å². The number of piperidine rings is 1. The summed E-state index contributed by atoms with van der Waals surface area (Å²) in [6.45, 7) is 3.72. The van der Waals surface area contributed by atoms with E-state index in [4.69, 9.17) is 4.74 Å². The number of para-hydroxylation sites is 2. The lowest BCUT2D eigenvalue weighted by Gasteiger charge is -2.37. The number of hydrogen-bond acceptors (Lipinski definition) is 4. The number of ether oxygens (including phenoxy) is 1. The van der Waals surface area contributed by atoms with Crippen LogP contribution in [-0.2, 0) is 4.79 Å². The first-order valence-corrected chi connectivity index (χ1v) is 11.5. The van der Waals surface area contributed by atoms with Crippen LogP contribution in [0.3, 0.4) is 0 Å². The fourth-order valence-electron chi connectivity index (χ4n) is 4.49. The zero-order valence-electron chi connectivity index (χ0n) is 18.7. The summed E-state index contributed by atoms with van der Waals surface area (Å²) in [5.74, 6) is 0.312. The summed E-state index contributed by atoms with van der Waals surface area (Å²) in [6, 6.07) is 17.4. The number of pyridine rings is 1. The highest BCUT2D eigenvalue weighted by molar-refractivity contribution is 6.08. The van der Waals surface area contributed by atoms with Crippen LogP contribution in [0.5, 0.6) is 5.75 Å². The van der Waals surface area contributed by atoms with Gasteiger partial charge in [0.1, 0.15) is 5.75 Å². The first kappa shape index (κ1) is 21.2. The van der Waals surface area contributed by atoms with Crippen molar-refractivity contribution in [1.29, 1.82) is 0 Å². The van der Waals surface area contributed by atoms with E-state index < -0.39 is 6.10 Å². The number of hydrogen-bond donors (Lipinski definition) is 0. The molecule has 3 heterocycles. The molecule has 1 fully saturated rings. The standard InChI is InChI=1S/C27H27N3O3/c1-19-9-11-20(12-10-19)21-15-22(17-28-16-21)26(31)30-18-25(27(32)29-13-5-2-6-14-29)33-24-8-4-3-7-23(24)30/h3-4,7-12,15-17,25H,2,5-6,13-14,18H2,1H3. The second kappa shape index (κ2) is 9.06. The topological polar surface area (TPSA) is 62.7 Å². The van der Waals surface area contributed by atoms with Crippen LogP contribution in [0.4, 0.5) is 5.69 Å². The van der Waals surface area contributed by atoms with Gasteiger partial charge in [0.15, 0.2) is 6.10 Å². The molecule has 1 saturated heterocycles. The van der Waals surface area contributed by atoms with E-state index in [2.05, 4.69) is 4.98 Å². The fraction of sp³-hybridized carbons (Fsp3) is 0.296. The Morgan fingerprint density at radius 3 is 2.48 bits per heavy atom. The molecule has 6 heteroatoms. The van der Waals surface area contributed by atoms with Gasteiger partial charge in [-0.25, -0.2) is 0 Å². The average molecular weight is 442 g/mol. The van der Waals surface area contributed by atoms with E-state index in [9.17, 15) is 9.59 Å². The summed E-state index contributed by atoms with van der Waals surface area (Å²) >= 11 is 0. The number of aryl methyl sites for hydroxylation is 1. The predicted molar refractivity (Wildman–Crippen MR) is 127 cm³/mol. The number of carbonyl (C=O) groups excluding carboxylic acids is 2. The van der Waals surface area contributed by atoms with Crippen LogP contribution in [0.1, 0.15) is 35.2 Å². The molecular formula is C27H27N3O3. The number of benzene rings is 2. The molecule has 168 valence electrons. The maximum absolute atomic E-state index is 13.7. The van der Waals surface area contributed by atoms with Gasteiger partial charge in [-0.05, 0) is 49.9 Å². The molecule has 5 rings (SSSR count). The predicted octanol–water partition coefficient (Wildman–Crippen LogP) is 4.48. The lowest BCUT2D eigenvalue weighted by atomic mass is 10.0. The molecule has 2 amide bonds. The lowest BCUT2D eigenvalue weighted by molar-refractivity contribution is -0.139. The van der Waals surface area contributed by atoms with Crippen LogP contribution in [-0.4, -0.2) is 47.4 Å². The Morgan fingerprint density at radius 1 is 0.939 bits per heavy atom. The van der Waals surface area contributed by atoms with Crippen LogP contribution in [0.15, 0.2) is 67.0 Å². The summed E-state index contributed by atoms with van der Waals surface area (Å²) in [5, 5.41) is 0. The van der Waals surface area contributed by atoms with Crippen LogP contribution < -0.4 is 9.64 Å². The van der Waals surface area contributed by atoms with Crippen molar-refractivity contribution >= 4 is 17.5 Å². The van der Waals surface area contributed by atoms with Crippen molar-refractivity contribution in [3.63, 3.8) is 0 Å². The Bertz CT molecular complexity index is 1170. The molecule has 3 aromatic rings. The van der Waals surface area contributed by atoms with E-state index in [1.165, 1.54) is 5.56 Å². The number of rotatable bonds is 3. The van der Waals surface area contributed by atoms with Crippen molar-refractivity contribution in [3.8, 4) is 16.9 Å². The molecule has 33 heavy (non-hydrogen) atoms. The molecule has 1 atom stereocenters. The largest absolute Gasteiger partial charge is 0.476 e. The van der Waals surface area contributed by atoms with Gasteiger partial charge in [-0.2, -0.15) is 0 Å². The van der Waals surface area contributed by atoms with Gasteiger partial charge in [-0.3, -0.25) is 14.6 Å². The lowest BCUT2D eigenvalue weighted by Crippen LogP contribution is -2.52. The zero-order chi connectivity index (χ0) is 22.8.